The van der Waals surface area contributed by atoms with Gasteiger partial charge < -0.3 is 31.3 Å². The first kappa shape index (κ1) is 38.5. The molecule has 1 aliphatic heterocycles. The molecule has 1 aromatic rings. The number of nitrogens with one attached hydrogen (secondary N) is 3. The van der Waals surface area contributed by atoms with Gasteiger partial charge in [-0.25, -0.2) is 9.59 Å². The van der Waals surface area contributed by atoms with Crippen LogP contribution >= 0.6 is 0 Å². The smallest absolute Gasteiger partial charge is 0.329 e. The number of amides is 5. The Balaban J connectivity index is 1.81. The number of ketones is 1. The van der Waals surface area contributed by atoms with E-state index < -0.39 is 76.6 Å². The van der Waals surface area contributed by atoms with Gasteiger partial charge in [-0.3, -0.25) is 19.2 Å². The number of urea groups is 1. The lowest BCUT2D eigenvalue weighted by Crippen LogP contribution is -2.62. The molecule has 0 bridgehead atoms. The van der Waals surface area contributed by atoms with E-state index >= 15 is 0 Å². The third kappa shape index (κ3) is 10.0. The molecule has 5 N–H and O–H groups in total. The second kappa shape index (κ2) is 15.5. The minimum atomic E-state index is -1.12. The van der Waals surface area contributed by atoms with Gasteiger partial charge in [-0.2, -0.15) is 0 Å². The lowest BCUT2D eigenvalue weighted by Gasteiger charge is -2.37. The standard InChI is InChI=1S/C36H55N5O7/c1-20(2)24-17-18-41(26(24)31(44)38-25(19-22-15-16-22)27(42)30(37)43)32(45)28(35(4,5)6)39-34(47)40-29(36(7,8)9)33(46)48-21(3)23-13-11-10-12-14-23/h10-14,20-22,24-26,28-29H,15-19H2,1-9H3,(H2,37,43)(H,38,44)(H2,39,40,47)/t21-,24-,25?,26+,28-,29-/m1/s1. The van der Waals surface area contributed by atoms with Crippen LogP contribution in [0.3, 0.4) is 0 Å². The molecule has 266 valence electrons. The second-order valence-electron chi connectivity index (χ2n) is 15.8. The van der Waals surface area contributed by atoms with Gasteiger partial charge in [0.1, 0.15) is 24.2 Å². The van der Waals surface area contributed by atoms with Crippen LogP contribution in [0.5, 0.6) is 0 Å². The van der Waals surface area contributed by atoms with E-state index in [4.69, 9.17) is 10.5 Å². The summed E-state index contributed by atoms with van der Waals surface area (Å²) in [6.45, 7) is 16.8. The number of Topliss-reactive ketones (excluding diaryl/α,β-unsaturated/α-hetero) is 1. The Labute approximate surface area is 284 Å². The van der Waals surface area contributed by atoms with Gasteiger partial charge in [0.25, 0.3) is 5.91 Å². The Morgan fingerprint density at radius 2 is 1.42 bits per heavy atom. The normalized spacial score (nSPS) is 20.7. The molecule has 1 aromatic carbocycles. The molecular weight excluding hydrogens is 614 g/mol. The van der Waals surface area contributed by atoms with Crippen molar-refractivity contribution in [2.24, 2.45) is 34.3 Å². The Bertz CT molecular complexity index is 1350. The number of rotatable bonds is 13. The van der Waals surface area contributed by atoms with Crippen LogP contribution in [0.4, 0.5) is 4.79 Å². The maximum absolute atomic E-state index is 14.3. The van der Waals surface area contributed by atoms with E-state index in [0.717, 1.165) is 18.4 Å². The highest BCUT2D eigenvalue weighted by atomic mass is 16.5. The molecule has 0 aromatic heterocycles. The van der Waals surface area contributed by atoms with Crippen LogP contribution in [0.25, 0.3) is 0 Å². The Hall–Kier alpha value is -3.96. The number of nitrogens with two attached hydrogens (primary N) is 1. The largest absolute Gasteiger partial charge is 0.456 e. The highest BCUT2D eigenvalue weighted by Gasteiger charge is 2.48. The van der Waals surface area contributed by atoms with Gasteiger partial charge in [0.2, 0.25) is 17.6 Å². The van der Waals surface area contributed by atoms with E-state index in [9.17, 15) is 28.8 Å². The number of carbonyl (C=O) groups is 6. The summed E-state index contributed by atoms with van der Waals surface area (Å²) < 4.78 is 5.74. The maximum Gasteiger partial charge on any atom is 0.329 e. The van der Waals surface area contributed by atoms with Gasteiger partial charge in [0.15, 0.2) is 0 Å². The number of likely N-dealkylation sites (tertiary alicyclic amines) is 1. The van der Waals surface area contributed by atoms with Crippen LogP contribution in [0.15, 0.2) is 30.3 Å². The van der Waals surface area contributed by atoms with Crippen LogP contribution in [0.2, 0.25) is 0 Å². The summed E-state index contributed by atoms with van der Waals surface area (Å²) in [5.74, 6) is -3.55. The molecule has 48 heavy (non-hydrogen) atoms. The monoisotopic (exact) mass is 669 g/mol. The fourth-order valence-corrected chi connectivity index (χ4v) is 6.23. The van der Waals surface area contributed by atoms with Gasteiger partial charge in [-0.15, -0.1) is 0 Å². The van der Waals surface area contributed by atoms with Gasteiger partial charge in [-0.05, 0) is 53.9 Å². The van der Waals surface area contributed by atoms with Crippen molar-refractivity contribution >= 4 is 35.5 Å². The number of carbonyl (C=O) groups excluding carboxylic acids is 6. The number of hydrogen-bond acceptors (Lipinski definition) is 7. The molecule has 2 aliphatic rings. The number of hydrogen-bond donors (Lipinski definition) is 4. The van der Waals surface area contributed by atoms with Crippen molar-refractivity contribution in [3.05, 3.63) is 35.9 Å². The summed E-state index contributed by atoms with van der Waals surface area (Å²) in [5.41, 5.74) is 4.59. The van der Waals surface area contributed by atoms with Gasteiger partial charge in [0.05, 0.1) is 6.04 Å². The van der Waals surface area contributed by atoms with Crippen molar-refractivity contribution in [3.8, 4) is 0 Å². The molecule has 0 spiro atoms. The van der Waals surface area contributed by atoms with Crippen LogP contribution in [-0.2, 0) is 28.7 Å². The molecule has 1 unspecified atom stereocenters. The predicted molar refractivity (Wildman–Crippen MR) is 181 cm³/mol. The van der Waals surface area contributed by atoms with Crippen molar-refractivity contribution in [2.45, 2.75) is 118 Å². The average molecular weight is 670 g/mol. The molecule has 0 radical (unpaired) electrons. The van der Waals surface area contributed by atoms with Gasteiger partial charge in [-0.1, -0.05) is 98.6 Å². The van der Waals surface area contributed by atoms with Gasteiger partial charge in [0, 0.05) is 6.54 Å². The van der Waals surface area contributed by atoms with E-state index in [1.165, 1.54) is 4.90 Å². The maximum atomic E-state index is 14.3. The molecule has 1 saturated carbocycles. The number of benzene rings is 1. The van der Waals surface area contributed by atoms with Crippen molar-refractivity contribution in [3.63, 3.8) is 0 Å². The highest BCUT2D eigenvalue weighted by molar-refractivity contribution is 6.37. The minimum Gasteiger partial charge on any atom is -0.456 e. The summed E-state index contributed by atoms with van der Waals surface area (Å²) in [6.07, 6.45) is 2.11. The van der Waals surface area contributed by atoms with Crippen molar-refractivity contribution < 1.29 is 33.5 Å². The van der Waals surface area contributed by atoms with Crippen molar-refractivity contribution in [2.75, 3.05) is 6.54 Å². The Kier molecular flexibility index (Phi) is 12.4. The molecule has 1 aliphatic carbocycles. The number of nitrogens with zero attached hydrogens (tertiary/aromatic N) is 1. The van der Waals surface area contributed by atoms with E-state index in [0.29, 0.717) is 12.8 Å². The molecule has 5 amide bonds. The van der Waals surface area contributed by atoms with Crippen molar-refractivity contribution in [1.82, 2.24) is 20.9 Å². The SMILES string of the molecule is CC(C)[C@H]1CCN(C(=O)[C@@H](NC(=O)N[C@H](C(=O)O[C@H](C)c2ccccc2)C(C)(C)C)C(C)(C)C)[C@@H]1C(=O)NC(CC1CC1)C(=O)C(N)=O. The lowest BCUT2D eigenvalue weighted by molar-refractivity contribution is -0.153. The number of esters is 1. The first-order chi connectivity index (χ1) is 22.2. The fraction of sp³-hybridized carbons (Fsp3) is 0.667. The molecule has 1 heterocycles. The minimum absolute atomic E-state index is 0.0217. The van der Waals surface area contributed by atoms with Crippen LogP contribution in [-0.4, -0.2) is 71.1 Å². The summed E-state index contributed by atoms with van der Waals surface area (Å²) in [4.78, 5) is 81.0. The van der Waals surface area contributed by atoms with Crippen LogP contribution in [0.1, 0.15) is 99.7 Å². The zero-order valence-electron chi connectivity index (χ0n) is 29.9. The summed E-state index contributed by atoms with van der Waals surface area (Å²) in [5, 5.41) is 8.28. The molecule has 1 saturated heterocycles. The fourth-order valence-electron chi connectivity index (χ4n) is 6.23. The molecular formula is C36H55N5O7. The van der Waals surface area contributed by atoms with E-state index in [1.54, 1.807) is 48.5 Å². The first-order valence-electron chi connectivity index (χ1n) is 17.0. The summed E-state index contributed by atoms with van der Waals surface area (Å²) in [6, 6.07) is 4.43. The van der Waals surface area contributed by atoms with Crippen LogP contribution in [0, 0.1) is 28.6 Å². The zero-order chi connectivity index (χ0) is 36.1. The zero-order valence-corrected chi connectivity index (χ0v) is 29.9. The predicted octanol–water partition coefficient (Wildman–Crippen LogP) is 3.63. The lowest BCUT2D eigenvalue weighted by atomic mass is 9.84. The van der Waals surface area contributed by atoms with E-state index in [2.05, 4.69) is 16.0 Å². The summed E-state index contributed by atoms with van der Waals surface area (Å²) in [7, 11) is 0. The van der Waals surface area contributed by atoms with Crippen molar-refractivity contribution in [1.29, 1.82) is 0 Å². The molecule has 6 atom stereocenters. The van der Waals surface area contributed by atoms with E-state index in [1.807, 2.05) is 44.2 Å². The Morgan fingerprint density at radius 3 is 1.92 bits per heavy atom. The number of ether oxygens (including phenoxy) is 1. The average Bonchev–Trinajstić information content (AvgIpc) is 3.69. The summed E-state index contributed by atoms with van der Waals surface area (Å²) >= 11 is 0. The van der Waals surface area contributed by atoms with Gasteiger partial charge >= 0.3 is 12.0 Å². The number of primary amides is 1. The molecule has 12 heteroatoms. The highest BCUT2D eigenvalue weighted by Crippen LogP contribution is 2.36. The quantitative estimate of drug-likeness (QED) is 0.183. The molecule has 2 fully saturated rings. The second-order valence-corrected chi connectivity index (χ2v) is 15.8. The Morgan fingerprint density at radius 1 is 0.854 bits per heavy atom. The topological polar surface area (TPSA) is 177 Å². The third-order valence-electron chi connectivity index (χ3n) is 9.32. The first-order valence-corrected chi connectivity index (χ1v) is 17.0. The third-order valence-corrected chi connectivity index (χ3v) is 9.32. The van der Waals surface area contributed by atoms with E-state index in [-0.39, 0.29) is 24.3 Å². The van der Waals surface area contributed by atoms with Crippen LogP contribution < -0.4 is 21.7 Å². The molecule has 3 rings (SSSR count). The molecule has 12 nitrogen and oxygen atoms in total.